The van der Waals surface area contributed by atoms with Gasteiger partial charge in [-0.05, 0) is 25.7 Å². The number of rotatable bonds is 2. The number of urea groups is 1. The summed E-state index contributed by atoms with van der Waals surface area (Å²) in [5.41, 5.74) is -1.90. The van der Waals surface area contributed by atoms with Crippen LogP contribution in [0.4, 0.5) is 18.0 Å². The van der Waals surface area contributed by atoms with E-state index in [4.69, 9.17) is 0 Å². The Labute approximate surface area is 116 Å². The molecule has 0 spiro atoms. The third kappa shape index (κ3) is 1.82. The van der Waals surface area contributed by atoms with Crippen LogP contribution in [-0.4, -0.2) is 59.3 Å². The summed E-state index contributed by atoms with van der Waals surface area (Å²) < 4.78 is 40.1. The summed E-state index contributed by atoms with van der Waals surface area (Å²) in [5, 5.41) is 3.31. The molecule has 2 atom stereocenters. The Morgan fingerprint density at radius 3 is 2.55 bits per heavy atom. The van der Waals surface area contributed by atoms with E-state index in [2.05, 4.69) is 5.32 Å². The lowest BCUT2D eigenvalue weighted by atomic mass is 9.74. The highest BCUT2D eigenvalue weighted by molar-refractivity contribution is 5.79. The quantitative estimate of drug-likeness (QED) is 0.844. The molecule has 2 aliphatic heterocycles. The predicted octanol–water partition coefficient (Wildman–Crippen LogP) is 1.96. The SMILES string of the molecule is CC[C@@H]1CN2C(=O)N(C3(C(F)(F)F)CCC3)C[C@@H]2CN1. The van der Waals surface area contributed by atoms with E-state index in [0.29, 0.717) is 19.5 Å². The highest BCUT2D eigenvalue weighted by atomic mass is 19.4. The molecule has 2 saturated heterocycles. The number of halogens is 3. The molecular formula is C13H20F3N3O. The summed E-state index contributed by atoms with van der Waals surface area (Å²) >= 11 is 0. The molecule has 7 heteroatoms. The van der Waals surface area contributed by atoms with Crippen LogP contribution in [0.5, 0.6) is 0 Å². The van der Waals surface area contributed by atoms with Crippen LogP contribution in [0.3, 0.4) is 0 Å². The van der Waals surface area contributed by atoms with Crippen molar-refractivity contribution in [2.75, 3.05) is 19.6 Å². The van der Waals surface area contributed by atoms with Crippen molar-refractivity contribution in [3.05, 3.63) is 0 Å². The second-order valence-corrected chi connectivity index (χ2v) is 6.10. The molecule has 1 aliphatic carbocycles. The molecule has 1 N–H and O–H groups in total. The Bertz CT molecular complexity index is 408. The molecular weight excluding hydrogens is 271 g/mol. The zero-order chi connectivity index (χ0) is 14.5. The Balaban J connectivity index is 1.81. The van der Waals surface area contributed by atoms with Gasteiger partial charge in [-0.25, -0.2) is 4.79 Å². The lowest BCUT2D eigenvalue weighted by molar-refractivity contribution is -0.245. The fourth-order valence-electron chi connectivity index (χ4n) is 3.55. The van der Waals surface area contributed by atoms with Crippen LogP contribution in [0.2, 0.25) is 0 Å². The van der Waals surface area contributed by atoms with Crippen molar-refractivity contribution < 1.29 is 18.0 Å². The number of carbonyl (C=O) groups is 1. The maximum Gasteiger partial charge on any atom is 0.411 e. The van der Waals surface area contributed by atoms with Crippen LogP contribution >= 0.6 is 0 Å². The van der Waals surface area contributed by atoms with Gasteiger partial charge in [0.2, 0.25) is 0 Å². The smallest absolute Gasteiger partial charge is 0.317 e. The number of amides is 2. The molecule has 3 rings (SSSR count). The van der Waals surface area contributed by atoms with E-state index in [0.717, 1.165) is 11.3 Å². The number of hydrogen-bond donors (Lipinski definition) is 1. The lowest BCUT2D eigenvalue weighted by Gasteiger charge is -2.48. The minimum atomic E-state index is -4.33. The Kier molecular flexibility index (Phi) is 3.15. The van der Waals surface area contributed by atoms with Crippen LogP contribution < -0.4 is 5.32 Å². The second kappa shape index (κ2) is 4.51. The maximum absolute atomic E-state index is 13.4. The number of carbonyl (C=O) groups excluding carboxylic acids is 1. The van der Waals surface area contributed by atoms with Crippen molar-refractivity contribution >= 4 is 6.03 Å². The average molecular weight is 291 g/mol. The molecule has 0 bridgehead atoms. The highest BCUT2D eigenvalue weighted by Crippen LogP contribution is 2.51. The van der Waals surface area contributed by atoms with Gasteiger partial charge < -0.3 is 15.1 Å². The minimum Gasteiger partial charge on any atom is -0.317 e. The molecule has 3 fully saturated rings. The summed E-state index contributed by atoms with van der Waals surface area (Å²) in [6.45, 7) is 3.32. The van der Waals surface area contributed by atoms with Gasteiger partial charge in [0.1, 0.15) is 5.54 Å². The Morgan fingerprint density at radius 2 is 2.05 bits per heavy atom. The fraction of sp³-hybridized carbons (Fsp3) is 0.923. The van der Waals surface area contributed by atoms with Crippen LogP contribution in [0.1, 0.15) is 32.6 Å². The van der Waals surface area contributed by atoms with Gasteiger partial charge in [-0.3, -0.25) is 0 Å². The first-order chi connectivity index (χ1) is 9.39. The lowest BCUT2D eigenvalue weighted by Crippen LogP contribution is -2.64. The van der Waals surface area contributed by atoms with E-state index < -0.39 is 17.7 Å². The van der Waals surface area contributed by atoms with Crippen molar-refractivity contribution in [1.29, 1.82) is 0 Å². The van der Waals surface area contributed by atoms with Gasteiger partial charge in [0.25, 0.3) is 0 Å². The zero-order valence-electron chi connectivity index (χ0n) is 11.5. The number of alkyl halides is 3. The number of hydrogen-bond acceptors (Lipinski definition) is 2. The largest absolute Gasteiger partial charge is 0.411 e. The molecule has 2 heterocycles. The summed E-state index contributed by atoms with van der Waals surface area (Å²) in [7, 11) is 0. The molecule has 0 unspecified atom stereocenters. The Hall–Kier alpha value is -0.980. The van der Waals surface area contributed by atoms with E-state index in [-0.39, 0.29) is 31.5 Å². The topological polar surface area (TPSA) is 35.6 Å². The van der Waals surface area contributed by atoms with Gasteiger partial charge in [0, 0.05) is 25.7 Å². The van der Waals surface area contributed by atoms with Crippen molar-refractivity contribution in [3.63, 3.8) is 0 Å². The first kappa shape index (κ1) is 14.0. The van der Waals surface area contributed by atoms with Gasteiger partial charge in [-0.1, -0.05) is 6.92 Å². The van der Waals surface area contributed by atoms with Crippen molar-refractivity contribution in [2.45, 2.75) is 56.4 Å². The van der Waals surface area contributed by atoms with Crippen LogP contribution in [0.15, 0.2) is 0 Å². The van der Waals surface area contributed by atoms with Crippen molar-refractivity contribution in [2.24, 2.45) is 0 Å². The van der Waals surface area contributed by atoms with Gasteiger partial charge in [-0.15, -0.1) is 0 Å². The standard InChI is InChI=1S/C13H20F3N3O/c1-2-9-7-18-10(6-17-9)8-19(11(18)20)12(4-3-5-12)13(14,15)16/h9-10,17H,2-8H2,1H3/t9-,10+/m1/s1. The summed E-state index contributed by atoms with van der Waals surface area (Å²) in [6.07, 6.45) is -2.81. The van der Waals surface area contributed by atoms with Crippen LogP contribution in [0, 0.1) is 0 Å². The summed E-state index contributed by atoms with van der Waals surface area (Å²) in [5.74, 6) is 0. The minimum absolute atomic E-state index is 0.0490. The molecule has 3 aliphatic rings. The molecule has 114 valence electrons. The van der Waals surface area contributed by atoms with Gasteiger partial charge in [-0.2, -0.15) is 13.2 Å². The zero-order valence-corrected chi connectivity index (χ0v) is 11.5. The number of nitrogens with one attached hydrogen (secondary N) is 1. The van der Waals surface area contributed by atoms with Crippen LogP contribution in [-0.2, 0) is 0 Å². The molecule has 0 aromatic rings. The summed E-state index contributed by atoms with van der Waals surface area (Å²) in [4.78, 5) is 15.1. The summed E-state index contributed by atoms with van der Waals surface area (Å²) in [6, 6.07) is -0.351. The normalized spacial score (nSPS) is 33.1. The van der Waals surface area contributed by atoms with Crippen LogP contribution in [0.25, 0.3) is 0 Å². The molecule has 4 nitrogen and oxygen atoms in total. The van der Waals surface area contributed by atoms with Crippen molar-refractivity contribution in [1.82, 2.24) is 15.1 Å². The maximum atomic E-state index is 13.4. The molecule has 0 aromatic carbocycles. The predicted molar refractivity (Wildman–Crippen MR) is 67.3 cm³/mol. The first-order valence-corrected chi connectivity index (χ1v) is 7.27. The Morgan fingerprint density at radius 1 is 1.35 bits per heavy atom. The third-order valence-corrected chi connectivity index (χ3v) is 5.09. The van der Waals surface area contributed by atoms with Crippen molar-refractivity contribution in [3.8, 4) is 0 Å². The van der Waals surface area contributed by atoms with Gasteiger partial charge in [0.05, 0.1) is 6.04 Å². The van der Waals surface area contributed by atoms with E-state index in [1.807, 2.05) is 6.92 Å². The average Bonchev–Trinajstić information content (AvgIpc) is 2.64. The van der Waals surface area contributed by atoms with Gasteiger partial charge in [0.15, 0.2) is 0 Å². The molecule has 20 heavy (non-hydrogen) atoms. The van der Waals surface area contributed by atoms with E-state index in [1.165, 1.54) is 0 Å². The number of fused-ring (bicyclic) bond motifs is 1. The fourth-order valence-corrected chi connectivity index (χ4v) is 3.55. The van der Waals surface area contributed by atoms with E-state index >= 15 is 0 Å². The second-order valence-electron chi connectivity index (χ2n) is 6.10. The van der Waals surface area contributed by atoms with E-state index in [9.17, 15) is 18.0 Å². The first-order valence-electron chi connectivity index (χ1n) is 7.27. The van der Waals surface area contributed by atoms with E-state index in [1.54, 1.807) is 4.90 Å². The third-order valence-electron chi connectivity index (χ3n) is 5.09. The molecule has 0 aromatic heterocycles. The number of nitrogens with zero attached hydrogens (tertiary/aromatic N) is 2. The molecule has 2 amide bonds. The van der Waals surface area contributed by atoms with Gasteiger partial charge >= 0.3 is 12.2 Å². The molecule has 1 saturated carbocycles. The monoisotopic (exact) mass is 291 g/mol. The number of piperazine rings is 1. The highest BCUT2D eigenvalue weighted by Gasteiger charge is 2.65. The molecule has 0 radical (unpaired) electrons.